The molecule has 0 fully saturated rings. The minimum atomic E-state index is -0.133. The molecule has 0 rings (SSSR count). The number of aliphatic hydroxyl groups excluding tert-OH is 1. The quantitative estimate of drug-likeness (QED) is 0.509. The van der Waals surface area contributed by atoms with E-state index < -0.39 is 0 Å². The van der Waals surface area contributed by atoms with Crippen molar-refractivity contribution < 1.29 is 14.6 Å². The first-order valence-corrected chi connectivity index (χ1v) is 8.16. The molecule has 0 bridgehead atoms. The normalized spacial score (nSPS) is 16.1. The number of hydrogen-bond donors (Lipinski definition) is 2. The summed E-state index contributed by atoms with van der Waals surface area (Å²) < 4.78 is 10.5. The van der Waals surface area contributed by atoms with Crippen LogP contribution in [0.2, 0.25) is 0 Å². The molecule has 0 aliphatic heterocycles. The zero-order chi connectivity index (χ0) is 16.1. The Morgan fingerprint density at radius 2 is 1.90 bits per heavy atom. The minimum Gasteiger partial charge on any atom is -0.394 e. The summed E-state index contributed by atoms with van der Waals surface area (Å²) in [5, 5.41) is 13.1. The lowest BCUT2D eigenvalue weighted by Crippen LogP contribution is -2.48. The lowest BCUT2D eigenvalue weighted by Gasteiger charge is -2.34. The van der Waals surface area contributed by atoms with E-state index >= 15 is 0 Å². The Morgan fingerprint density at radius 3 is 2.38 bits per heavy atom. The van der Waals surface area contributed by atoms with E-state index in [1.807, 2.05) is 0 Å². The second-order valence-electron chi connectivity index (χ2n) is 5.76. The SMILES string of the molecule is CCNC(CC)(CO)CCCN(CCOC)C(C)COC. The van der Waals surface area contributed by atoms with Crippen LogP contribution < -0.4 is 5.32 Å². The summed E-state index contributed by atoms with van der Waals surface area (Å²) in [4.78, 5) is 2.40. The van der Waals surface area contributed by atoms with Crippen molar-refractivity contribution in [1.82, 2.24) is 10.2 Å². The molecule has 0 aromatic rings. The van der Waals surface area contributed by atoms with Crippen molar-refractivity contribution in [3.05, 3.63) is 0 Å². The summed E-state index contributed by atoms with van der Waals surface area (Å²) >= 11 is 0. The predicted octanol–water partition coefficient (Wildman–Crippen LogP) is 1.50. The molecule has 5 nitrogen and oxygen atoms in total. The van der Waals surface area contributed by atoms with Crippen molar-refractivity contribution in [2.24, 2.45) is 0 Å². The van der Waals surface area contributed by atoms with Gasteiger partial charge in [-0.05, 0) is 39.3 Å². The fourth-order valence-electron chi connectivity index (χ4n) is 2.74. The summed E-state index contributed by atoms with van der Waals surface area (Å²) in [7, 11) is 3.47. The standard InChI is InChI=1S/C16H36N2O3/c1-6-16(14-19,17-7-2)9-8-10-18(11-12-20-4)15(3)13-21-5/h15,17,19H,6-14H2,1-5H3. The molecule has 2 unspecified atom stereocenters. The Kier molecular flexibility index (Phi) is 12.2. The summed E-state index contributed by atoms with van der Waals surface area (Å²) in [6.45, 7) is 10.9. The largest absolute Gasteiger partial charge is 0.394 e. The predicted molar refractivity (Wildman–Crippen MR) is 87.8 cm³/mol. The number of likely N-dealkylation sites (N-methyl/N-ethyl adjacent to an activating group) is 1. The van der Waals surface area contributed by atoms with Crippen molar-refractivity contribution >= 4 is 0 Å². The highest BCUT2D eigenvalue weighted by molar-refractivity contribution is 4.86. The Morgan fingerprint density at radius 1 is 1.19 bits per heavy atom. The van der Waals surface area contributed by atoms with Gasteiger partial charge in [-0.1, -0.05) is 13.8 Å². The van der Waals surface area contributed by atoms with Gasteiger partial charge in [-0.15, -0.1) is 0 Å². The Bertz CT molecular complexity index is 236. The van der Waals surface area contributed by atoms with Gasteiger partial charge in [0.05, 0.1) is 19.8 Å². The highest BCUT2D eigenvalue weighted by atomic mass is 16.5. The average Bonchev–Trinajstić information content (AvgIpc) is 2.49. The average molecular weight is 304 g/mol. The van der Waals surface area contributed by atoms with Crippen LogP contribution in [-0.2, 0) is 9.47 Å². The molecule has 0 amide bonds. The van der Waals surface area contributed by atoms with Gasteiger partial charge in [0.2, 0.25) is 0 Å². The maximum atomic E-state index is 9.69. The molecule has 0 spiro atoms. The van der Waals surface area contributed by atoms with Crippen molar-refractivity contribution in [3.63, 3.8) is 0 Å². The molecule has 0 aromatic carbocycles. The zero-order valence-electron chi connectivity index (χ0n) is 14.7. The molecule has 0 saturated carbocycles. The van der Waals surface area contributed by atoms with E-state index in [2.05, 4.69) is 31.0 Å². The molecule has 0 heterocycles. The van der Waals surface area contributed by atoms with Gasteiger partial charge in [0.25, 0.3) is 0 Å². The van der Waals surface area contributed by atoms with Gasteiger partial charge >= 0.3 is 0 Å². The van der Waals surface area contributed by atoms with E-state index in [1.165, 1.54) is 0 Å². The van der Waals surface area contributed by atoms with Crippen molar-refractivity contribution in [2.45, 2.75) is 51.6 Å². The van der Waals surface area contributed by atoms with E-state index in [0.29, 0.717) is 6.04 Å². The summed E-state index contributed by atoms with van der Waals surface area (Å²) in [5.74, 6) is 0. The van der Waals surface area contributed by atoms with Crippen molar-refractivity contribution in [2.75, 3.05) is 53.7 Å². The highest BCUT2D eigenvalue weighted by Crippen LogP contribution is 2.17. The highest BCUT2D eigenvalue weighted by Gasteiger charge is 2.26. The monoisotopic (exact) mass is 304 g/mol. The van der Waals surface area contributed by atoms with E-state index in [1.54, 1.807) is 14.2 Å². The molecule has 0 saturated heterocycles. The Hall–Kier alpha value is -0.200. The number of nitrogens with one attached hydrogen (secondary N) is 1. The lowest BCUT2D eigenvalue weighted by atomic mass is 9.91. The first kappa shape index (κ1) is 20.8. The minimum absolute atomic E-state index is 0.133. The number of methoxy groups -OCH3 is 2. The topological polar surface area (TPSA) is 54.0 Å². The van der Waals surface area contributed by atoms with E-state index in [-0.39, 0.29) is 12.1 Å². The van der Waals surface area contributed by atoms with Crippen molar-refractivity contribution in [1.29, 1.82) is 0 Å². The molecular formula is C16H36N2O3. The van der Waals surface area contributed by atoms with E-state index in [0.717, 1.165) is 52.1 Å². The van der Waals surface area contributed by atoms with Gasteiger partial charge in [0.1, 0.15) is 0 Å². The lowest BCUT2D eigenvalue weighted by molar-refractivity contribution is 0.0696. The Balaban J connectivity index is 4.37. The number of hydrogen-bond acceptors (Lipinski definition) is 5. The first-order valence-electron chi connectivity index (χ1n) is 8.16. The Labute approximate surface area is 131 Å². The third kappa shape index (κ3) is 8.12. The molecule has 0 radical (unpaired) electrons. The van der Waals surface area contributed by atoms with Crippen LogP contribution in [0.1, 0.15) is 40.0 Å². The summed E-state index contributed by atoms with van der Waals surface area (Å²) in [6, 6.07) is 0.384. The molecule has 21 heavy (non-hydrogen) atoms. The van der Waals surface area contributed by atoms with E-state index in [9.17, 15) is 5.11 Å². The van der Waals surface area contributed by atoms with Crippen LogP contribution in [0.15, 0.2) is 0 Å². The third-order valence-corrected chi connectivity index (χ3v) is 4.25. The fraction of sp³-hybridized carbons (Fsp3) is 1.00. The van der Waals surface area contributed by atoms with Crippen LogP contribution in [0, 0.1) is 0 Å². The molecule has 5 heteroatoms. The molecule has 0 aromatic heterocycles. The fourth-order valence-corrected chi connectivity index (χ4v) is 2.74. The van der Waals surface area contributed by atoms with Gasteiger partial charge < -0.3 is 19.9 Å². The molecule has 2 atom stereocenters. The third-order valence-electron chi connectivity index (χ3n) is 4.25. The smallest absolute Gasteiger partial charge is 0.0615 e. The molecule has 128 valence electrons. The van der Waals surface area contributed by atoms with Gasteiger partial charge in [-0.25, -0.2) is 0 Å². The van der Waals surface area contributed by atoms with Crippen molar-refractivity contribution in [3.8, 4) is 0 Å². The summed E-state index contributed by atoms with van der Waals surface area (Å²) in [6.07, 6.45) is 2.99. The number of ether oxygens (including phenoxy) is 2. The maximum absolute atomic E-state index is 9.69. The van der Waals surface area contributed by atoms with Crippen LogP contribution in [0.3, 0.4) is 0 Å². The number of rotatable bonds is 14. The van der Waals surface area contributed by atoms with Crippen LogP contribution in [0.25, 0.3) is 0 Å². The van der Waals surface area contributed by atoms with Gasteiger partial charge in [0.15, 0.2) is 0 Å². The second-order valence-corrected chi connectivity index (χ2v) is 5.76. The molecule has 0 aliphatic rings. The number of nitrogens with zero attached hydrogens (tertiary/aromatic N) is 1. The van der Waals surface area contributed by atoms with Crippen LogP contribution in [0.5, 0.6) is 0 Å². The van der Waals surface area contributed by atoms with Crippen LogP contribution in [-0.4, -0.2) is 75.3 Å². The number of aliphatic hydroxyl groups is 1. The van der Waals surface area contributed by atoms with Gasteiger partial charge in [0, 0.05) is 32.3 Å². The van der Waals surface area contributed by atoms with E-state index in [4.69, 9.17) is 9.47 Å². The molecule has 2 N–H and O–H groups in total. The van der Waals surface area contributed by atoms with Gasteiger partial charge in [-0.3, -0.25) is 4.90 Å². The second kappa shape index (κ2) is 12.4. The van der Waals surface area contributed by atoms with Crippen LogP contribution in [0.4, 0.5) is 0 Å². The molecule has 0 aliphatic carbocycles. The maximum Gasteiger partial charge on any atom is 0.0615 e. The zero-order valence-corrected chi connectivity index (χ0v) is 14.7. The van der Waals surface area contributed by atoms with Gasteiger partial charge in [-0.2, -0.15) is 0 Å². The molecular weight excluding hydrogens is 268 g/mol. The summed E-state index contributed by atoms with van der Waals surface area (Å²) in [5.41, 5.74) is -0.133. The first-order chi connectivity index (χ1) is 10.1. The van der Waals surface area contributed by atoms with Crippen LogP contribution >= 0.6 is 0 Å².